The minimum absolute atomic E-state index is 0.229. The lowest BCUT2D eigenvalue weighted by Gasteiger charge is -2.05. The Morgan fingerprint density at radius 3 is 2.89 bits per heavy atom. The molecule has 3 rings (SSSR count). The zero-order valence-corrected chi connectivity index (χ0v) is 11.5. The highest BCUT2D eigenvalue weighted by Crippen LogP contribution is 2.19. The molecule has 0 bridgehead atoms. The molecule has 1 aromatic carbocycles. The Balaban J connectivity index is 2.18. The Morgan fingerprint density at radius 2 is 2.21 bits per heavy atom. The van der Waals surface area contributed by atoms with E-state index < -0.39 is 0 Å². The molecule has 2 heterocycles. The summed E-state index contributed by atoms with van der Waals surface area (Å²) in [6, 6.07) is 3.29. The highest BCUT2D eigenvalue weighted by molar-refractivity contribution is 7.71. The number of nitrogens with one attached hydrogen (secondary N) is 1. The van der Waals surface area contributed by atoms with Crippen molar-refractivity contribution in [1.29, 1.82) is 0 Å². The van der Waals surface area contributed by atoms with Crippen LogP contribution in [-0.2, 0) is 13.6 Å². The summed E-state index contributed by atoms with van der Waals surface area (Å²) in [5.41, 5.74) is 2.21. The summed E-state index contributed by atoms with van der Waals surface area (Å²) in [5, 5.41) is 0. The van der Waals surface area contributed by atoms with Gasteiger partial charge in [0.2, 0.25) is 0 Å². The molecule has 19 heavy (non-hydrogen) atoms. The van der Waals surface area contributed by atoms with E-state index in [9.17, 15) is 4.39 Å². The molecule has 3 aromatic rings. The van der Waals surface area contributed by atoms with Gasteiger partial charge in [-0.3, -0.25) is 0 Å². The summed E-state index contributed by atoms with van der Waals surface area (Å²) in [6.07, 6.45) is 3.64. The van der Waals surface area contributed by atoms with E-state index in [0.717, 1.165) is 11.3 Å². The number of aromatic amines is 1. The highest BCUT2D eigenvalue weighted by Gasteiger charge is 2.10. The Morgan fingerprint density at radius 1 is 1.42 bits per heavy atom. The van der Waals surface area contributed by atoms with Crippen LogP contribution < -0.4 is 0 Å². The maximum Gasteiger partial charge on any atom is 0.178 e. The first-order chi connectivity index (χ1) is 9.06. The highest BCUT2D eigenvalue weighted by atomic mass is 32.1. The van der Waals surface area contributed by atoms with Crippen LogP contribution in [0.4, 0.5) is 4.39 Å². The van der Waals surface area contributed by atoms with Gasteiger partial charge in [-0.1, -0.05) is 0 Å². The monoisotopic (exact) mass is 276 g/mol. The quantitative estimate of drug-likeness (QED) is 0.731. The molecule has 2 aromatic heterocycles. The second-order valence-corrected chi connectivity index (χ2v) is 4.98. The Kier molecular flexibility index (Phi) is 2.74. The fourth-order valence-corrected chi connectivity index (χ4v) is 2.40. The van der Waals surface area contributed by atoms with Gasteiger partial charge < -0.3 is 14.1 Å². The minimum atomic E-state index is -0.229. The van der Waals surface area contributed by atoms with Crippen molar-refractivity contribution >= 4 is 23.3 Å². The number of hydrogen-bond acceptors (Lipinski definition) is 2. The van der Waals surface area contributed by atoms with Crippen LogP contribution >= 0.6 is 12.2 Å². The van der Waals surface area contributed by atoms with Gasteiger partial charge in [-0.2, -0.15) is 0 Å². The molecule has 4 nitrogen and oxygen atoms in total. The summed E-state index contributed by atoms with van der Waals surface area (Å²) in [7, 11) is 1.94. The van der Waals surface area contributed by atoms with E-state index in [-0.39, 0.29) is 5.82 Å². The Bertz CT molecular complexity index is 812. The molecule has 0 saturated carbocycles. The van der Waals surface area contributed by atoms with Crippen molar-refractivity contribution in [2.75, 3.05) is 0 Å². The number of H-pyrrole nitrogens is 1. The molecular formula is C13H13FN4S. The standard InChI is InChI=1S/C13H13FN4S/c1-8-5-11-10(6-9(8)14)16-13(19)18(11)7-12-15-3-4-17(12)2/h3-6H,7H2,1-2H3,(H,16,19). The van der Waals surface area contributed by atoms with E-state index in [4.69, 9.17) is 12.2 Å². The first-order valence-electron chi connectivity index (χ1n) is 5.91. The maximum atomic E-state index is 13.6. The molecule has 0 aliphatic carbocycles. The number of aryl methyl sites for hydroxylation is 2. The topological polar surface area (TPSA) is 38.5 Å². The average Bonchev–Trinajstić information content (AvgIpc) is 2.88. The lowest BCUT2D eigenvalue weighted by molar-refractivity contribution is 0.620. The average molecular weight is 276 g/mol. The minimum Gasteiger partial charge on any atom is -0.337 e. The summed E-state index contributed by atoms with van der Waals surface area (Å²) >= 11 is 5.30. The number of nitrogens with zero attached hydrogens (tertiary/aromatic N) is 3. The normalized spacial score (nSPS) is 11.3. The number of benzene rings is 1. The predicted octanol–water partition coefficient (Wildman–Crippen LogP) is 2.93. The van der Waals surface area contributed by atoms with Crippen molar-refractivity contribution in [3.05, 3.63) is 46.5 Å². The van der Waals surface area contributed by atoms with Crippen LogP contribution in [0, 0.1) is 17.5 Å². The molecule has 0 saturated heterocycles. The largest absolute Gasteiger partial charge is 0.337 e. The van der Waals surface area contributed by atoms with Gasteiger partial charge >= 0.3 is 0 Å². The first-order valence-corrected chi connectivity index (χ1v) is 6.32. The van der Waals surface area contributed by atoms with Crippen molar-refractivity contribution in [2.45, 2.75) is 13.5 Å². The summed E-state index contributed by atoms with van der Waals surface area (Å²) < 4.78 is 18.0. The second kappa shape index (κ2) is 4.31. The molecule has 0 spiro atoms. The zero-order chi connectivity index (χ0) is 13.6. The zero-order valence-electron chi connectivity index (χ0n) is 10.6. The van der Waals surface area contributed by atoms with E-state index >= 15 is 0 Å². The fraction of sp³-hybridized carbons (Fsp3) is 0.231. The van der Waals surface area contributed by atoms with Crippen LogP contribution in [0.5, 0.6) is 0 Å². The van der Waals surface area contributed by atoms with Crippen molar-refractivity contribution in [3.8, 4) is 0 Å². The maximum absolute atomic E-state index is 13.6. The van der Waals surface area contributed by atoms with Gasteiger partial charge in [0.15, 0.2) is 4.77 Å². The van der Waals surface area contributed by atoms with Crippen LogP contribution in [0.25, 0.3) is 11.0 Å². The van der Waals surface area contributed by atoms with Gasteiger partial charge in [0.1, 0.15) is 11.6 Å². The van der Waals surface area contributed by atoms with E-state index in [1.54, 1.807) is 19.2 Å². The fourth-order valence-electron chi connectivity index (χ4n) is 2.13. The lowest BCUT2D eigenvalue weighted by atomic mass is 10.2. The molecule has 0 amide bonds. The molecule has 98 valence electrons. The predicted molar refractivity (Wildman–Crippen MR) is 74.1 cm³/mol. The number of fused-ring (bicyclic) bond motifs is 1. The molecule has 0 atom stereocenters. The molecule has 0 aliphatic heterocycles. The van der Waals surface area contributed by atoms with Gasteiger partial charge in [-0.25, -0.2) is 9.37 Å². The molecule has 0 fully saturated rings. The van der Waals surface area contributed by atoms with Crippen molar-refractivity contribution in [2.24, 2.45) is 7.05 Å². The van der Waals surface area contributed by atoms with Crippen LogP contribution in [0.15, 0.2) is 24.5 Å². The van der Waals surface area contributed by atoms with E-state index in [0.29, 0.717) is 22.4 Å². The molecular weight excluding hydrogens is 263 g/mol. The number of rotatable bonds is 2. The third kappa shape index (κ3) is 1.98. The smallest absolute Gasteiger partial charge is 0.178 e. The number of aromatic nitrogens is 4. The van der Waals surface area contributed by atoms with Crippen molar-refractivity contribution in [3.63, 3.8) is 0 Å². The molecule has 0 radical (unpaired) electrons. The third-order valence-electron chi connectivity index (χ3n) is 3.28. The van der Waals surface area contributed by atoms with E-state index in [1.165, 1.54) is 6.07 Å². The van der Waals surface area contributed by atoms with Gasteiger partial charge in [-0.15, -0.1) is 0 Å². The van der Waals surface area contributed by atoms with Gasteiger partial charge in [-0.05, 0) is 36.8 Å². The van der Waals surface area contributed by atoms with Gasteiger partial charge in [0, 0.05) is 19.4 Å². The van der Waals surface area contributed by atoms with Crippen LogP contribution in [0.2, 0.25) is 0 Å². The van der Waals surface area contributed by atoms with Crippen LogP contribution in [0.3, 0.4) is 0 Å². The van der Waals surface area contributed by atoms with Crippen molar-refractivity contribution in [1.82, 2.24) is 19.1 Å². The molecule has 1 N–H and O–H groups in total. The van der Waals surface area contributed by atoms with Crippen molar-refractivity contribution < 1.29 is 4.39 Å². The first kappa shape index (κ1) is 12.1. The third-order valence-corrected chi connectivity index (χ3v) is 3.60. The van der Waals surface area contributed by atoms with Crippen LogP contribution in [0.1, 0.15) is 11.4 Å². The SMILES string of the molecule is Cc1cc2c(cc1F)[nH]c(=S)n2Cc1nccn1C. The number of imidazole rings is 2. The Hall–Kier alpha value is -1.95. The molecule has 0 aliphatic rings. The molecule has 6 heteroatoms. The summed E-state index contributed by atoms with van der Waals surface area (Å²) in [4.78, 5) is 7.31. The number of hydrogen-bond donors (Lipinski definition) is 1. The van der Waals surface area contributed by atoms with Crippen LogP contribution in [-0.4, -0.2) is 19.1 Å². The van der Waals surface area contributed by atoms with Gasteiger partial charge in [0.25, 0.3) is 0 Å². The van der Waals surface area contributed by atoms with E-state index in [1.807, 2.05) is 22.4 Å². The van der Waals surface area contributed by atoms with Gasteiger partial charge in [0.05, 0.1) is 17.6 Å². The summed E-state index contributed by atoms with van der Waals surface area (Å²) in [6.45, 7) is 2.31. The van der Waals surface area contributed by atoms with E-state index in [2.05, 4.69) is 9.97 Å². The summed E-state index contributed by atoms with van der Waals surface area (Å²) in [5.74, 6) is 0.673. The second-order valence-electron chi connectivity index (χ2n) is 4.59. The Labute approximate surface area is 114 Å². The number of halogens is 1. The lowest BCUT2D eigenvalue weighted by Crippen LogP contribution is -2.05. The molecule has 0 unspecified atom stereocenters.